The van der Waals surface area contributed by atoms with E-state index in [1.807, 2.05) is 48.2 Å². The molecular formula is C24H30N2O5. The molecule has 1 heterocycles. The summed E-state index contributed by atoms with van der Waals surface area (Å²) in [5.41, 5.74) is 4.27. The van der Waals surface area contributed by atoms with Gasteiger partial charge in [0.05, 0.1) is 34.3 Å². The third-order valence-electron chi connectivity index (χ3n) is 5.79. The summed E-state index contributed by atoms with van der Waals surface area (Å²) in [6.07, 6.45) is 0.905. The van der Waals surface area contributed by atoms with Crippen LogP contribution in [0.4, 0.5) is 0 Å². The summed E-state index contributed by atoms with van der Waals surface area (Å²) in [5, 5.41) is 3.00. The minimum atomic E-state index is -0.321. The molecular weight excluding hydrogens is 396 g/mol. The largest absolute Gasteiger partial charge is 0.493 e. The zero-order chi connectivity index (χ0) is 22.4. The number of methoxy groups -OCH3 is 3. The van der Waals surface area contributed by atoms with Crippen molar-refractivity contribution >= 4 is 11.9 Å². The summed E-state index contributed by atoms with van der Waals surface area (Å²) in [5.74, 6) is 0.851. The summed E-state index contributed by atoms with van der Waals surface area (Å²) in [4.78, 5) is 26.9. The maximum atomic E-state index is 12.7. The number of nitrogens with one attached hydrogen (secondary N) is 1. The van der Waals surface area contributed by atoms with Gasteiger partial charge in [-0.05, 0) is 47.7 Å². The lowest BCUT2D eigenvalue weighted by atomic mass is 9.90. The summed E-state index contributed by atoms with van der Waals surface area (Å²) in [6.45, 7) is 3.35. The van der Waals surface area contributed by atoms with Crippen molar-refractivity contribution in [2.24, 2.45) is 0 Å². The predicted octanol–water partition coefficient (Wildman–Crippen LogP) is 2.79. The molecule has 31 heavy (non-hydrogen) atoms. The Labute approximate surface area is 183 Å². The van der Waals surface area contributed by atoms with Gasteiger partial charge in [-0.3, -0.25) is 14.5 Å². The van der Waals surface area contributed by atoms with Crippen LogP contribution < -0.4 is 14.8 Å². The number of ether oxygens (including phenoxy) is 3. The van der Waals surface area contributed by atoms with Crippen LogP contribution in [0.15, 0.2) is 36.4 Å². The van der Waals surface area contributed by atoms with Gasteiger partial charge in [0.15, 0.2) is 11.5 Å². The van der Waals surface area contributed by atoms with Crippen LogP contribution >= 0.6 is 0 Å². The monoisotopic (exact) mass is 426 g/mol. The van der Waals surface area contributed by atoms with Crippen molar-refractivity contribution in [1.29, 1.82) is 0 Å². The van der Waals surface area contributed by atoms with Gasteiger partial charge in [0.25, 0.3) is 0 Å². The molecule has 1 amide bonds. The first-order valence-electron chi connectivity index (χ1n) is 10.3. The first kappa shape index (κ1) is 22.6. The Bertz CT molecular complexity index is 944. The first-order valence-corrected chi connectivity index (χ1v) is 10.3. The number of hydrogen-bond donors (Lipinski definition) is 1. The first-order chi connectivity index (χ1) is 15.0. The molecule has 166 valence electrons. The number of aryl methyl sites for hydroxylation is 1. The number of esters is 1. The second kappa shape index (κ2) is 10.3. The topological polar surface area (TPSA) is 77.1 Å². The highest BCUT2D eigenvalue weighted by Crippen LogP contribution is 2.39. The van der Waals surface area contributed by atoms with Crippen LogP contribution in [0.2, 0.25) is 0 Å². The van der Waals surface area contributed by atoms with Crippen molar-refractivity contribution in [3.05, 3.63) is 58.7 Å². The van der Waals surface area contributed by atoms with E-state index in [4.69, 9.17) is 14.2 Å². The predicted molar refractivity (Wildman–Crippen MR) is 117 cm³/mol. The summed E-state index contributed by atoms with van der Waals surface area (Å²) in [6, 6.07) is 11.5. The molecule has 2 aromatic carbocycles. The Morgan fingerprint density at radius 3 is 2.48 bits per heavy atom. The molecule has 0 radical (unpaired) electrons. The van der Waals surface area contributed by atoms with Crippen molar-refractivity contribution < 1.29 is 23.8 Å². The molecule has 0 fully saturated rings. The van der Waals surface area contributed by atoms with E-state index < -0.39 is 0 Å². The lowest BCUT2D eigenvalue weighted by molar-refractivity contribution is -0.142. The maximum Gasteiger partial charge on any atom is 0.307 e. The molecule has 0 saturated heterocycles. The SMILES string of the molecule is COC(=O)C[C@H]1c2cc(OC)c(OC)cc2CCN1CC(=O)NCc1ccccc1C. The van der Waals surface area contributed by atoms with Gasteiger partial charge in [0.1, 0.15) is 0 Å². The van der Waals surface area contributed by atoms with E-state index in [0.717, 1.165) is 28.7 Å². The van der Waals surface area contributed by atoms with Crippen molar-refractivity contribution in [3.8, 4) is 11.5 Å². The van der Waals surface area contributed by atoms with E-state index in [9.17, 15) is 9.59 Å². The van der Waals surface area contributed by atoms with Crippen LogP contribution in [0.25, 0.3) is 0 Å². The molecule has 0 aliphatic carbocycles. The molecule has 0 spiro atoms. The standard InChI is InChI=1S/C24H30N2O5/c1-16-7-5-6-8-18(16)14-25-23(27)15-26-10-9-17-11-21(29-2)22(30-3)12-19(17)20(26)13-24(28)31-4/h5-8,11-12,20H,9-10,13-15H2,1-4H3,(H,25,27)/t20-/m0/s1. The quantitative estimate of drug-likeness (QED) is 0.654. The maximum absolute atomic E-state index is 12.7. The van der Waals surface area contributed by atoms with Crippen LogP contribution in [0, 0.1) is 6.92 Å². The molecule has 1 aliphatic rings. The molecule has 1 N–H and O–H groups in total. The van der Waals surface area contributed by atoms with Crippen LogP contribution in [0.1, 0.15) is 34.7 Å². The van der Waals surface area contributed by atoms with E-state index in [2.05, 4.69) is 5.32 Å². The van der Waals surface area contributed by atoms with E-state index in [1.54, 1.807) is 14.2 Å². The Hall–Kier alpha value is -3.06. The Kier molecular flexibility index (Phi) is 7.52. The summed E-state index contributed by atoms with van der Waals surface area (Å²) >= 11 is 0. The third-order valence-corrected chi connectivity index (χ3v) is 5.79. The number of amides is 1. The number of fused-ring (bicyclic) bond motifs is 1. The molecule has 1 atom stereocenters. The second-order valence-electron chi connectivity index (χ2n) is 7.63. The highest BCUT2D eigenvalue weighted by Gasteiger charge is 2.32. The van der Waals surface area contributed by atoms with Gasteiger partial charge in [-0.2, -0.15) is 0 Å². The van der Waals surface area contributed by atoms with Gasteiger partial charge in [0, 0.05) is 19.1 Å². The normalized spacial score (nSPS) is 15.7. The fourth-order valence-corrected chi connectivity index (χ4v) is 3.99. The molecule has 2 aromatic rings. The summed E-state index contributed by atoms with van der Waals surface area (Å²) in [7, 11) is 4.56. The van der Waals surface area contributed by atoms with Crippen molar-refractivity contribution in [3.63, 3.8) is 0 Å². The molecule has 7 heteroatoms. The second-order valence-corrected chi connectivity index (χ2v) is 7.63. The zero-order valence-electron chi connectivity index (χ0n) is 18.6. The van der Waals surface area contributed by atoms with Crippen molar-refractivity contribution in [1.82, 2.24) is 10.2 Å². The molecule has 1 aliphatic heterocycles. The smallest absolute Gasteiger partial charge is 0.307 e. The number of benzene rings is 2. The number of rotatable bonds is 8. The number of carbonyl (C=O) groups excluding carboxylic acids is 2. The average molecular weight is 427 g/mol. The van der Waals surface area contributed by atoms with Crippen LogP contribution in [-0.4, -0.2) is 51.2 Å². The minimum absolute atomic E-state index is 0.0814. The van der Waals surface area contributed by atoms with Gasteiger partial charge in [-0.25, -0.2) is 0 Å². The number of carbonyl (C=O) groups is 2. The van der Waals surface area contributed by atoms with Gasteiger partial charge in [0.2, 0.25) is 5.91 Å². The summed E-state index contributed by atoms with van der Waals surface area (Å²) < 4.78 is 15.8. The number of hydrogen-bond acceptors (Lipinski definition) is 6. The van der Waals surface area contributed by atoms with Crippen LogP contribution in [0.5, 0.6) is 11.5 Å². The van der Waals surface area contributed by atoms with Crippen LogP contribution in [-0.2, 0) is 27.3 Å². The van der Waals surface area contributed by atoms with E-state index in [1.165, 1.54) is 7.11 Å². The third kappa shape index (κ3) is 5.35. The Morgan fingerprint density at radius 1 is 1.10 bits per heavy atom. The molecule has 7 nitrogen and oxygen atoms in total. The molecule has 0 bridgehead atoms. The van der Waals surface area contributed by atoms with Gasteiger partial charge >= 0.3 is 5.97 Å². The average Bonchev–Trinajstić information content (AvgIpc) is 2.78. The minimum Gasteiger partial charge on any atom is -0.493 e. The highest BCUT2D eigenvalue weighted by atomic mass is 16.5. The van der Waals surface area contributed by atoms with Crippen LogP contribution in [0.3, 0.4) is 0 Å². The Morgan fingerprint density at radius 2 is 1.81 bits per heavy atom. The zero-order valence-corrected chi connectivity index (χ0v) is 18.6. The van der Waals surface area contributed by atoms with Gasteiger partial charge < -0.3 is 19.5 Å². The van der Waals surface area contributed by atoms with Gasteiger partial charge in [-0.15, -0.1) is 0 Å². The molecule has 0 aromatic heterocycles. The van der Waals surface area contributed by atoms with E-state index in [0.29, 0.717) is 24.6 Å². The van der Waals surface area contributed by atoms with Crippen molar-refractivity contribution in [2.45, 2.75) is 32.4 Å². The molecule has 0 unspecified atom stereocenters. The highest BCUT2D eigenvalue weighted by molar-refractivity contribution is 5.78. The lowest BCUT2D eigenvalue weighted by Gasteiger charge is -2.36. The Balaban J connectivity index is 1.78. The molecule has 3 rings (SSSR count). The number of nitrogens with zero attached hydrogens (tertiary/aromatic N) is 1. The lowest BCUT2D eigenvalue weighted by Crippen LogP contribution is -2.43. The molecule has 0 saturated carbocycles. The van der Waals surface area contributed by atoms with E-state index >= 15 is 0 Å². The fourth-order valence-electron chi connectivity index (χ4n) is 3.99. The van der Waals surface area contributed by atoms with Gasteiger partial charge in [-0.1, -0.05) is 24.3 Å². The van der Waals surface area contributed by atoms with E-state index in [-0.39, 0.29) is 30.9 Å². The fraction of sp³-hybridized carbons (Fsp3) is 0.417. The van der Waals surface area contributed by atoms with Crippen molar-refractivity contribution in [2.75, 3.05) is 34.4 Å².